The number of aryl methyl sites for hydroxylation is 2. The molecule has 0 aliphatic heterocycles. The Bertz CT molecular complexity index is 424. The summed E-state index contributed by atoms with van der Waals surface area (Å²) in [4.78, 5) is 12.0. The lowest BCUT2D eigenvalue weighted by atomic mass is 10.1. The van der Waals surface area contributed by atoms with Crippen molar-refractivity contribution in [1.82, 2.24) is 15.1 Å². The van der Waals surface area contributed by atoms with Crippen molar-refractivity contribution in [2.45, 2.75) is 32.7 Å². The second-order valence-corrected chi connectivity index (χ2v) is 4.88. The molecule has 0 amide bonds. The molecular weight excluding hydrogens is 230 g/mol. The van der Waals surface area contributed by atoms with Gasteiger partial charge in [0.25, 0.3) is 0 Å². The number of esters is 1. The van der Waals surface area contributed by atoms with Crippen LogP contribution in [-0.4, -0.2) is 28.9 Å². The first-order valence-electron chi connectivity index (χ1n) is 6.52. The molecule has 1 aromatic heterocycles. The maximum Gasteiger partial charge on any atom is 0.327 e. The lowest BCUT2D eigenvalue weighted by molar-refractivity contribution is -0.145. The van der Waals surface area contributed by atoms with Crippen molar-refractivity contribution in [3.63, 3.8) is 0 Å². The average molecular weight is 251 g/mol. The summed E-state index contributed by atoms with van der Waals surface area (Å²) in [7, 11) is 1.86. The van der Waals surface area contributed by atoms with Gasteiger partial charge in [-0.05, 0) is 39.2 Å². The van der Waals surface area contributed by atoms with E-state index in [0.717, 1.165) is 23.7 Å². The fourth-order valence-electron chi connectivity index (χ4n) is 2.05. The van der Waals surface area contributed by atoms with E-state index in [1.165, 1.54) is 12.8 Å². The number of hydrogen-bond donors (Lipinski definition) is 1. The van der Waals surface area contributed by atoms with E-state index < -0.39 is 0 Å². The molecule has 0 saturated heterocycles. The van der Waals surface area contributed by atoms with Crippen LogP contribution in [0.1, 0.15) is 37.1 Å². The first-order valence-corrected chi connectivity index (χ1v) is 6.52. The minimum absolute atomic E-state index is 0.214. The Morgan fingerprint density at radius 3 is 2.89 bits per heavy atom. The third kappa shape index (κ3) is 3.10. The predicted molar refractivity (Wildman–Crippen MR) is 68.0 cm³/mol. The first-order chi connectivity index (χ1) is 8.61. The lowest BCUT2D eigenvalue weighted by Crippen LogP contribution is -2.32. The maximum absolute atomic E-state index is 12.0. The van der Waals surface area contributed by atoms with Crippen molar-refractivity contribution in [2.24, 2.45) is 13.0 Å². The normalized spacial score (nSPS) is 16.6. The summed E-state index contributed by atoms with van der Waals surface area (Å²) in [5.74, 6) is 0.508. The van der Waals surface area contributed by atoms with Gasteiger partial charge in [-0.25, -0.2) is 4.79 Å². The highest BCUT2D eigenvalue weighted by atomic mass is 16.5. The Labute approximate surface area is 108 Å². The van der Waals surface area contributed by atoms with Crippen LogP contribution < -0.4 is 5.32 Å². The predicted octanol–water partition coefficient (Wildman–Crippen LogP) is 1.33. The number of carbonyl (C=O) groups is 1. The fraction of sp³-hybridized carbons (Fsp3) is 0.692. The number of nitrogens with zero attached hydrogens (tertiary/aromatic N) is 2. The van der Waals surface area contributed by atoms with Crippen molar-refractivity contribution >= 4 is 5.97 Å². The van der Waals surface area contributed by atoms with Crippen LogP contribution in [0.5, 0.6) is 0 Å². The van der Waals surface area contributed by atoms with Crippen LogP contribution in [0, 0.1) is 12.8 Å². The molecule has 0 bridgehead atoms. The summed E-state index contributed by atoms with van der Waals surface area (Å²) in [5.41, 5.74) is 1.79. The largest absolute Gasteiger partial charge is 0.465 e. The number of hydrogen-bond acceptors (Lipinski definition) is 4. The molecule has 0 spiro atoms. The number of nitrogens with one attached hydrogen (secondary N) is 1. The Morgan fingerprint density at radius 1 is 1.67 bits per heavy atom. The molecule has 100 valence electrons. The summed E-state index contributed by atoms with van der Waals surface area (Å²) < 4.78 is 6.87. The van der Waals surface area contributed by atoms with Gasteiger partial charge in [0.05, 0.1) is 12.3 Å². The van der Waals surface area contributed by atoms with E-state index >= 15 is 0 Å². The molecule has 5 nitrogen and oxygen atoms in total. The third-order valence-electron chi connectivity index (χ3n) is 3.19. The lowest BCUT2D eigenvalue weighted by Gasteiger charge is -2.16. The topological polar surface area (TPSA) is 56.1 Å². The second-order valence-electron chi connectivity index (χ2n) is 4.88. The summed E-state index contributed by atoms with van der Waals surface area (Å²) >= 11 is 0. The highest BCUT2D eigenvalue weighted by Crippen LogP contribution is 2.29. The van der Waals surface area contributed by atoms with Gasteiger partial charge >= 0.3 is 5.97 Å². The first kappa shape index (κ1) is 13.1. The zero-order valence-corrected chi connectivity index (χ0v) is 11.3. The van der Waals surface area contributed by atoms with E-state index in [0.29, 0.717) is 6.61 Å². The molecule has 1 aliphatic rings. The molecule has 1 saturated carbocycles. The summed E-state index contributed by atoms with van der Waals surface area (Å²) in [6.45, 7) is 5.02. The Kier molecular flexibility index (Phi) is 4.01. The molecule has 1 unspecified atom stereocenters. The van der Waals surface area contributed by atoms with Crippen LogP contribution in [0.2, 0.25) is 0 Å². The molecule has 1 aliphatic carbocycles. The average Bonchev–Trinajstić information content (AvgIpc) is 3.06. The molecule has 18 heavy (non-hydrogen) atoms. The van der Waals surface area contributed by atoms with Crippen LogP contribution >= 0.6 is 0 Å². The van der Waals surface area contributed by atoms with Crippen molar-refractivity contribution < 1.29 is 9.53 Å². The Balaban J connectivity index is 2.11. The molecule has 0 radical (unpaired) electrons. The van der Waals surface area contributed by atoms with Gasteiger partial charge < -0.3 is 10.1 Å². The van der Waals surface area contributed by atoms with Gasteiger partial charge in [-0.2, -0.15) is 5.10 Å². The molecule has 0 aromatic carbocycles. The smallest absolute Gasteiger partial charge is 0.327 e. The van der Waals surface area contributed by atoms with E-state index in [1.54, 1.807) is 4.68 Å². The molecule has 1 atom stereocenters. The SMILES string of the molecule is CCOC(=O)C(NCC1CC1)c1cn(C)nc1C. The van der Waals surface area contributed by atoms with Gasteiger partial charge in [0.2, 0.25) is 0 Å². The monoisotopic (exact) mass is 251 g/mol. The van der Waals surface area contributed by atoms with Crippen molar-refractivity contribution in [1.29, 1.82) is 0 Å². The Hall–Kier alpha value is -1.36. The Morgan fingerprint density at radius 2 is 2.39 bits per heavy atom. The minimum atomic E-state index is -0.390. The maximum atomic E-state index is 12.0. The van der Waals surface area contributed by atoms with Gasteiger partial charge in [0.1, 0.15) is 6.04 Å². The molecule has 2 rings (SSSR count). The van der Waals surface area contributed by atoms with Crippen molar-refractivity contribution in [3.05, 3.63) is 17.5 Å². The van der Waals surface area contributed by atoms with Crippen LogP contribution in [0.25, 0.3) is 0 Å². The summed E-state index contributed by atoms with van der Waals surface area (Å²) in [5, 5.41) is 7.59. The number of carbonyl (C=O) groups excluding carboxylic acids is 1. The molecule has 1 heterocycles. The standard InChI is InChI=1S/C13H21N3O2/c1-4-18-13(17)12(14-7-10-5-6-10)11-8-16(3)15-9(11)2/h8,10,12,14H,4-7H2,1-3H3. The zero-order chi connectivity index (χ0) is 13.1. The van der Waals surface area contributed by atoms with Gasteiger partial charge in [-0.1, -0.05) is 0 Å². The zero-order valence-electron chi connectivity index (χ0n) is 11.3. The van der Waals surface area contributed by atoms with Gasteiger partial charge in [0.15, 0.2) is 0 Å². The van der Waals surface area contributed by atoms with Gasteiger partial charge in [0, 0.05) is 18.8 Å². The second kappa shape index (κ2) is 5.52. The van der Waals surface area contributed by atoms with Crippen LogP contribution in [-0.2, 0) is 16.6 Å². The van der Waals surface area contributed by atoms with Crippen LogP contribution in [0.4, 0.5) is 0 Å². The van der Waals surface area contributed by atoms with E-state index in [-0.39, 0.29) is 12.0 Å². The van der Waals surface area contributed by atoms with Crippen molar-refractivity contribution in [3.8, 4) is 0 Å². The summed E-state index contributed by atoms with van der Waals surface area (Å²) in [6, 6.07) is -0.390. The van der Waals surface area contributed by atoms with E-state index in [1.807, 2.05) is 27.1 Å². The quantitative estimate of drug-likeness (QED) is 0.775. The number of ether oxygens (including phenoxy) is 1. The number of rotatable bonds is 6. The highest BCUT2D eigenvalue weighted by molar-refractivity contribution is 5.77. The van der Waals surface area contributed by atoms with E-state index in [4.69, 9.17) is 4.74 Å². The van der Waals surface area contributed by atoms with Gasteiger partial charge in [-0.15, -0.1) is 0 Å². The third-order valence-corrected chi connectivity index (χ3v) is 3.19. The van der Waals surface area contributed by atoms with E-state index in [9.17, 15) is 4.79 Å². The minimum Gasteiger partial charge on any atom is -0.465 e. The summed E-state index contributed by atoms with van der Waals surface area (Å²) in [6.07, 6.45) is 4.40. The van der Waals surface area contributed by atoms with E-state index in [2.05, 4.69) is 10.4 Å². The van der Waals surface area contributed by atoms with Gasteiger partial charge in [-0.3, -0.25) is 4.68 Å². The van der Waals surface area contributed by atoms with Crippen molar-refractivity contribution in [2.75, 3.05) is 13.2 Å². The van der Waals surface area contributed by atoms with Crippen LogP contribution in [0.3, 0.4) is 0 Å². The fourth-order valence-corrected chi connectivity index (χ4v) is 2.05. The molecule has 5 heteroatoms. The molecule has 1 fully saturated rings. The molecule has 1 aromatic rings. The molecule has 1 N–H and O–H groups in total. The number of aromatic nitrogens is 2. The van der Waals surface area contributed by atoms with Crippen LogP contribution in [0.15, 0.2) is 6.20 Å². The molecular formula is C13H21N3O2. The highest BCUT2D eigenvalue weighted by Gasteiger charge is 2.28.